The van der Waals surface area contributed by atoms with E-state index in [0.29, 0.717) is 58.9 Å². The molecule has 1 saturated heterocycles. The Morgan fingerprint density at radius 1 is 1.14 bits per heavy atom. The zero-order valence-electron chi connectivity index (χ0n) is 19.2. The monoisotopic (exact) mass is 527 g/mol. The summed E-state index contributed by atoms with van der Waals surface area (Å²) >= 11 is 12.4. The highest BCUT2D eigenvalue weighted by Crippen LogP contribution is 2.39. The highest BCUT2D eigenvalue weighted by molar-refractivity contribution is 6.31. The molecule has 4 aromatic rings. The largest absolute Gasteiger partial charge is 0.435 e. The summed E-state index contributed by atoms with van der Waals surface area (Å²) < 4.78 is 8.72. The van der Waals surface area contributed by atoms with Gasteiger partial charge in [0.2, 0.25) is 5.76 Å². The number of nitrogens with zero attached hydrogens (tertiary/aromatic N) is 5. The van der Waals surface area contributed by atoms with Crippen molar-refractivity contribution < 1.29 is 14.3 Å². The molecule has 36 heavy (non-hydrogen) atoms. The average molecular weight is 528 g/mol. The lowest BCUT2D eigenvalue weighted by molar-refractivity contribution is -0.0304. The summed E-state index contributed by atoms with van der Waals surface area (Å²) in [6.45, 7) is 0.755. The van der Waals surface area contributed by atoms with E-state index in [-0.39, 0.29) is 23.8 Å². The molecule has 3 aromatic heterocycles. The van der Waals surface area contributed by atoms with Crippen molar-refractivity contribution >= 4 is 40.1 Å². The van der Waals surface area contributed by atoms with Crippen molar-refractivity contribution in [3.63, 3.8) is 0 Å². The molecule has 2 fully saturated rings. The van der Waals surface area contributed by atoms with Crippen LogP contribution in [-0.2, 0) is 6.54 Å². The van der Waals surface area contributed by atoms with E-state index in [1.54, 1.807) is 39.8 Å². The summed E-state index contributed by atoms with van der Waals surface area (Å²) in [6, 6.07) is 8.65. The molecular weight excluding hydrogens is 505 g/mol. The van der Waals surface area contributed by atoms with Crippen molar-refractivity contribution in [2.45, 2.75) is 43.7 Å². The van der Waals surface area contributed by atoms with Gasteiger partial charge in [-0.3, -0.25) is 18.7 Å². The number of piperidine rings is 1. The van der Waals surface area contributed by atoms with Crippen LogP contribution in [0, 0.1) is 0 Å². The number of aromatic nitrogens is 4. The Labute approximate surface area is 215 Å². The van der Waals surface area contributed by atoms with E-state index in [0.717, 1.165) is 18.5 Å². The van der Waals surface area contributed by atoms with E-state index in [2.05, 4.69) is 9.97 Å². The standard InChI is InChI=1S/C25H23Cl2N5O4/c26-16-3-5-17(6-4-16)32-20(27)11-18-21(32)29-14-31(23(18)33)13-25(35)7-9-30(10-8-25)24(34)19-12-28-22(36-19)15-1-2-15/h3-6,11-12,14-15,35H,1-2,7-10,13H2. The first-order chi connectivity index (χ1) is 17.3. The van der Waals surface area contributed by atoms with E-state index in [9.17, 15) is 14.7 Å². The lowest BCUT2D eigenvalue weighted by atomic mass is 9.91. The van der Waals surface area contributed by atoms with Crippen LogP contribution in [-0.4, -0.2) is 53.7 Å². The maximum Gasteiger partial charge on any atom is 0.291 e. The second-order valence-electron chi connectivity index (χ2n) is 9.55. The van der Waals surface area contributed by atoms with E-state index >= 15 is 0 Å². The van der Waals surface area contributed by atoms with Gasteiger partial charge in [0.15, 0.2) is 11.5 Å². The summed E-state index contributed by atoms with van der Waals surface area (Å²) in [4.78, 5) is 36.4. The third-order valence-electron chi connectivity index (χ3n) is 6.93. The number of benzene rings is 1. The third kappa shape index (κ3) is 4.21. The van der Waals surface area contributed by atoms with Gasteiger partial charge in [0.1, 0.15) is 11.5 Å². The second-order valence-corrected chi connectivity index (χ2v) is 10.4. The number of oxazole rings is 1. The number of rotatable bonds is 5. The number of likely N-dealkylation sites (tertiary alicyclic amines) is 1. The highest BCUT2D eigenvalue weighted by Gasteiger charge is 2.36. The molecule has 1 saturated carbocycles. The lowest BCUT2D eigenvalue weighted by Gasteiger charge is -2.38. The zero-order chi connectivity index (χ0) is 25.0. The minimum Gasteiger partial charge on any atom is -0.435 e. The van der Waals surface area contributed by atoms with Gasteiger partial charge in [0.25, 0.3) is 11.5 Å². The maximum atomic E-state index is 13.3. The molecular formula is C25H23Cl2N5O4. The van der Waals surface area contributed by atoms with E-state index in [4.69, 9.17) is 27.6 Å². The number of aliphatic hydroxyl groups is 1. The van der Waals surface area contributed by atoms with Gasteiger partial charge in [-0.2, -0.15) is 0 Å². The van der Waals surface area contributed by atoms with Crippen LogP contribution >= 0.6 is 23.2 Å². The fourth-order valence-electron chi connectivity index (χ4n) is 4.70. The van der Waals surface area contributed by atoms with Gasteiger partial charge in [0.05, 0.1) is 23.7 Å². The van der Waals surface area contributed by atoms with Crippen LogP contribution in [0.4, 0.5) is 0 Å². The van der Waals surface area contributed by atoms with Crippen LogP contribution in [0.15, 0.2) is 52.1 Å². The smallest absolute Gasteiger partial charge is 0.291 e. The van der Waals surface area contributed by atoms with E-state index < -0.39 is 5.60 Å². The summed E-state index contributed by atoms with van der Waals surface area (Å²) in [6.07, 6.45) is 5.64. The molecule has 11 heteroatoms. The molecule has 6 rings (SSSR count). The van der Waals surface area contributed by atoms with Crippen LogP contribution in [0.1, 0.15) is 48.0 Å². The Hall–Kier alpha value is -3.14. The molecule has 9 nitrogen and oxygen atoms in total. The lowest BCUT2D eigenvalue weighted by Crippen LogP contribution is -2.49. The summed E-state index contributed by atoms with van der Waals surface area (Å²) in [5.41, 5.74) is -0.292. The average Bonchev–Trinajstić information content (AvgIpc) is 3.49. The minimum atomic E-state index is -1.15. The molecule has 1 aliphatic heterocycles. The molecule has 1 aromatic carbocycles. The van der Waals surface area contributed by atoms with Gasteiger partial charge < -0.3 is 14.4 Å². The van der Waals surface area contributed by atoms with Crippen LogP contribution in [0.25, 0.3) is 16.7 Å². The normalized spacial score (nSPS) is 17.6. The van der Waals surface area contributed by atoms with Gasteiger partial charge in [-0.05, 0) is 56.0 Å². The Morgan fingerprint density at radius 2 is 1.86 bits per heavy atom. The van der Waals surface area contributed by atoms with Crippen molar-refractivity contribution in [3.05, 3.63) is 75.0 Å². The molecule has 1 aliphatic carbocycles. The minimum absolute atomic E-state index is 0.0642. The van der Waals surface area contributed by atoms with Gasteiger partial charge in [-0.25, -0.2) is 9.97 Å². The zero-order valence-corrected chi connectivity index (χ0v) is 20.7. The SMILES string of the molecule is O=C(c1cnc(C2CC2)o1)N1CCC(O)(Cn2cnc3c(cc(Cl)n3-c3ccc(Cl)cc3)c2=O)CC1. The molecule has 2 aliphatic rings. The second kappa shape index (κ2) is 8.76. The predicted molar refractivity (Wildman–Crippen MR) is 134 cm³/mol. The Balaban J connectivity index is 1.18. The first kappa shape index (κ1) is 23.3. The topological polar surface area (TPSA) is 106 Å². The van der Waals surface area contributed by atoms with Crippen molar-refractivity contribution in [1.82, 2.24) is 24.0 Å². The predicted octanol–water partition coefficient (Wildman–Crippen LogP) is 4.03. The van der Waals surface area contributed by atoms with Crippen LogP contribution in [0.5, 0.6) is 0 Å². The molecule has 0 bridgehead atoms. The van der Waals surface area contributed by atoms with E-state index in [1.165, 1.54) is 17.1 Å². The third-order valence-corrected chi connectivity index (χ3v) is 7.46. The fourth-order valence-corrected chi connectivity index (χ4v) is 5.11. The number of hydrogen-bond donors (Lipinski definition) is 1. The molecule has 1 amide bonds. The summed E-state index contributed by atoms with van der Waals surface area (Å²) in [7, 11) is 0. The molecule has 0 unspecified atom stereocenters. The number of fused-ring (bicyclic) bond motifs is 1. The first-order valence-corrected chi connectivity index (χ1v) is 12.6. The van der Waals surface area contributed by atoms with Crippen molar-refractivity contribution in [3.8, 4) is 5.69 Å². The Kier molecular flexibility index (Phi) is 5.66. The fraction of sp³-hybridized carbons (Fsp3) is 0.360. The Bertz CT molecular complexity index is 1510. The van der Waals surface area contributed by atoms with Gasteiger partial charge in [-0.1, -0.05) is 23.2 Å². The molecule has 0 radical (unpaired) electrons. The van der Waals surface area contributed by atoms with Crippen LogP contribution in [0.2, 0.25) is 10.2 Å². The van der Waals surface area contributed by atoms with Crippen LogP contribution < -0.4 is 5.56 Å². The van der Waals surface area contributed by atoms with E-state index in [1.807, 2.05) is 0 Å². The molecule has 0 atom stereocenters. The summed E-state index contributed by atoms with van der Waals surface area (Å²) in [5.74, 6) is 0.963. The number of amides is 1. The first-order valence-electron chi connectivity index (χ1n) is 11.8. The van der Waals surface area contributed by atoms with Crippen molar-refractivity contribution in [2.75, 3.05) is 13.1 Å². The van der Waals surface area contributed by atoms with Gasteiger partial charge in [0, 0.05) is 29.7 Å². The molecule has 1 N–H and O–H groups in total. The maximum absolute atomic E-state index is 13.3. The van der Waals surface area contributed by atoms with Gasteiger partial charge >= 0.3 is 0 Å². The van der Waals surface area contributed by atoms with Crippen LogP contribution in [0.3, 0.4) is 0 Å². The molecule has 4 heterocycles. The molecule has 0 spiro atoms. The quantitative estimate of drug-likeness (QED) is 0.420. The number of carbonyl (C=O) groups excluding carboxylic acids is 1. The molecule has 186 valence electrons. The number of halogens is 2. The number of carbonyl (C=O) groups is 1. The number of hydrogen-bond acceptors (Lipinski definition) is 6. The highest BCUT2D eigenvalue weighted by atomic mass is 35.5. The van der Waals surface area contributed by atoms with Crippen molar-refractivity contribution in [1.29, 1.82) is 0 Å². The summed E-state index contributed by atoms with van der Waals surface area (Å²) in [5, 5.41) is 12.5. The van der Waals surface area contributed by atoms with Crippen molar-refractivity contribution in [2.24, 2.45) is 0 Å². The van der Waals surface area contributed by atoms with Gasteiger partial charge in [-0.15, -0.1) is 0 Å². The Morgan fingerprint density at radius 3 is 2.56 bits per heavy atom.